The van der Waals surface area contributed by atoms with Crippen molar-refractivity contribution < 1.29 is 0 Å². The lowest BCUT2D eigenvalue weighted by Gasteiger charge is -2.52. The van der Waals surface area contributed by atoms with Crippen LogP contribution in [-0.2, 0) is 0 Å². The fraction of sp³-hybridized carbons (Fsp3) is 1.00. The Morgan fingerprint density at radius 2 is 1.11 bits per heavy atom. The first kappa shape index (κ1) is 16.1. The maximum absolute atomic E-state index is 3.46. The summed E-state index contributed by atoms with van der Waals surface area (Å²) < 4.78 is 7.56. The van der Waals surface area contributed by atoms with Gasteiger partial charge in [0.25, 0.3) is 6.98 Å². The SMILES string of the molecule is CCB1N(CC)B(NC)N(CC)B(NC)N1CC. The number of nitrogens with zero attached hydrogens (tertiary/aromatic N) is 3. The summed E-state index contributed by atoms with van der Waals surface area (Å²) >= 11 is 0. The van der Waals surface area contributed by atoms with Gasteiger partial charge in [0, 0.05) is 0 Å². The minimum Gasteiger partial charge on any atom is -0.343 e. The largest absolute Gasteiger partial charge is 0.380 e. The third kappa shape index (κ3) is 2.78. The van der Waals surface area contributed by atoms with Crippen LogP contribution >= 0.6 is 0 Å². The van der Waals surface area contributed by atoms with E-state index >= 15 is 0 Å². The van der Waals surface area contributed by atoms with E-state index in [-0.39, 0.29) is 0 Å². The zero-order chi connectivity index (χ0) is 13.7. The van der Waals surface area contributed by atoms with Gasteiger partial charge >= 0.3 is 14.2 Å². The first-order valence-corrected chi connectivity index (χ1v) is 7.31. The third-order valence-corrected chi connectivity index (χ3v) is 4.00. The van der Waals surface area contributed by atoms with Crippen LogP contribution in [0.1, 0.15) is 27.7 Å². The topological polar surface area (TPSA) is 33.8 Å². The van der Waals surface area contributed by atoms with Crippen molar-refractivity contribution in [1.82, 2.24) is 24.6 Å². The van der Waals surface area contributed by atoms with Crippen molar-refractivity contribution in [2.75, 3.05) is 33.7 Å². The molecule has 1 aliphatic rings. The second-order valence-electron chi connectivity index (χ2n) is 4.70. The number of rotatable bonds is 6. The highest BCUT2D eigenvalue weighted by Crippen LogP contribution is 2.18. The van der Waals surface area contributed by atoms with E-state index in [1.54, 1.807) is 0 Å². The van der Waals surface area contributed by atoms with Gasteiger partial charge < -0.3 is 24.6 Å². The van der Waals surface area contributed by atoms with Gasteiger partial charge in [-0.1, -0.05) is 27.7 Å². The average molecular weight is 251 g/mol. The molecule has 5 nitrogen and oxygen atoms in total. The summed E-state index contributed by atoms with van der Waals surface area (Å²) in [6, 6.07) is 0. The smallest absolute Gasteiger partial charge is 0.343 e. The summed E-state index contributed by atoms with van der Waals surface area (Å²) in [6.45, 7) is 12.6. The summed E-state index contributed by atoms with van der Waals surface area (Å²) in [6.07, 6.45) is 1.15. The average Bonchev–Trinajstić information content (AvgIpc) is 2.43. The Morgan fingerprint density at radius 3 is 1.33 bits per heavy atom. The summed E-state index contributed by atoms with van der Waals surface area (Å²) in [5.74, 6) is 0. The van der Waals surface area contributed by atoms with Crippen LogP contribution in [0, 0.1) is 0 Å². The van der Waals surface area contributed by atoms with Gasteiger partial charge in [-0.2, -0.15) is 0 Å². The Bertz CT molecular complexity index is 172. The van der Waals surface area contributed by atoms with Crippen LogP contribution in [0.5, 0.6) is 0 Å². The zero-order valence-electron chi connectivity index (χ0n) is 12.9. The van der Waals surface area contributed by atoms with E-state index in [1.807, 2.05) is 0 Å². The monoisotopic (exact) mass is 251 g/mol. The number of hydrogen-bond donors (Lipinski definition) is 2. The standard InChI is InChI=1S/C10H28B3N5/c1-7-11-16(8-2)12(14-5)18(10-4)13(15-6)17(11)9-3/h14-15H,7-10H2,1-6H3. The molecule has 0 saturated carbocycles. The molecule has 0 amide bonds. The summed E-state index contributed by atoms with van der Waals surface area (Å²) in [5, 5.41) is 6.93. The minimum absolute atomic E-state index is 0.310. The van der Waals surface area contributed by atoms with Crippen LogP contribution in [0.3, 0.4) is 0 Å². The van der Waals surface area contributed by atoms with Crippen LogP contribution < -0.4 is 10.5 Å². The van der Waals surface area contributed by atoms with Crippen LogP contribution in [0.15, 0.2) is 0 Å². The fourth-order valence-corrected chi connectivity index (χ4v) is 3.28. The molecular formula is C10H28B3N5. The van der Waals surface area contributed by atoms with Gasteiger partial charge in [0.15, 0.2) is 0 Å². The molecule has 0 unspecified atom stereocenters. The molecule has 0 aliphatic carbocycles. The second-order valence-corrected chi connectivity index (χ2v) is 4.70. The molecule has 0 aromatic rings. The molecule has 0 aromatic heterocycles. The Kier molecular flexibility index (Phi) is 6.73. The highest BCUT2D eigenvalue weighted by Gasteiger charge is 2.49. The van der Waals surface area contributed by atoms with Crippen LogP contribution in [0.25, 0.3) is 0 Å². The van der Waals surface area contributed by atoms with Gasteiger partial charge in [0.05, 0.1) is 0 Å². The predicted octanol–water partition coefficient (Wildman–Crippen LogP) is -0.118. The number of hydrogen-bond acceptors (Lipinski definition) is 5. The van der Waals surface area contributed by atoms with Gasteiger partial charge in [-0.3, -0.25) is 0 Å². The van der Waals surface area contributed by atoms with Crippen LogP contribution in [0.4, 0.5) is 0 Å². The van der Waals surface area contributed by atoms with Gasteiger partial charge in [0.1, 0.15) is 0 Å². The first-order chi connectivity index (χ1) is 8.69. The molecule has 0 radical (unpaired) electrons. The molecule has 102 valence electrons. The van der Waals surface area contributed by atoms with Crippen molar-refractivity contribution in [3.05, 3.63) is 0 Å². The maximum Gasteiger partial charge on any atom is 0.380 e. The lowest BCUT2D eigenvalue weighted by Crippen LogP contribution is -2.82. The van der Waals surface area contributed by atoms with Crippen LogP contribution in [-0.4, -0.2) is 69.1 Å². The molecule has 0 spiro atoms. The highest BCUT2D eigenvalue weighted by molar-refractivity contribution is 6.84. The van der Waals surface area contributed by atoms with Crippen molar-refractivity contribution in [2.24, 2.45) is 0 Å². The summed E-state index contributed by atoms with van der Waals surface area (Å²) in [5.41, 5.74) is 0. The van der Waals surface area contributed by atoms with E-state index in [2.05, 4.69) is 66.4 Å². The van der Waals surface area contributed by atoms with E-state index in [0.29, 0.717) is 21.2 Å². The van der Waals surface area contributed by atoms with E-state index < -0.39 is 0 Å². The van der Waals surface area contributed by atoms with Crippen LogP contribution in [0.2, 0.25) is 6.32 Å². The molecule has 1 rings (SSSR count). The third-order valence-electron chi connectivity index (χ3n) is 4.00. The molecule has 1 heterocycles. The Hall–Kier alpha value is -0.00519. The molecule has 8 heteroatoms. The lowest BCUT2D eigenvalue weighted by atomic mass is 9.49. The Balaban J connectivity index is 3.06. The quantitative estimate of drug-likeness (QED) is 0.643. The lowest BCUT2D eigenvalue weighted by molar-refractivity contribution is 0.432. The van der Waals surface area contributed by atoms with E-state index in [9.17, 15) is 0 Å². The normalized spacial score (nSPS) is 20.0. The zero-order valence-corrected chi connectivity index (χ0v) is 12.9. The Morgan fingerprint density at radius 1 is 0.722 bits per heavy atom. The van der Waals surface area contributed by atoms with Crippen molar-refractivity contribution >= 4 is 21.2 Å². The van der Waals surface area contributed by atoms with Crippen molar-refractivity contribution in [3.63, 3.8) is 0 Å². The maximum atomic E-state index is 3.46. The molecule has 0 atom stereocenters. The van der Waals surface area contributed by atoms with E-state index in [4.69, 9.17) is 0 Å². The molecule has 1 fully saturated rings. The molecular weight excluding hydrogens is 223 g/mol. The van der Waals surface area contributed by atoms with Crippen molar-refractivity contribution in [3.8, 4) is 0 Å². The number of nitrogens with one attached hydrogen (secondary N) is 2. The Labute approximate surface area is 114 Å². The molecule has 1 aliphatic heterocycles. The molecule has 2 N–H and O–H groups in total. The molecule has 0 aromatic carbocycles. The van der Waals surface area contributed by atoms with E-state index in [1.165, 1.54) is 0 Å². The predicted molar refractivity (Wildman–Crippen MR) is 83.0 cm³/mol. The fourth-order valence-electron chi connectivity index (χ4n) is 3.28. The summed E-state index contributed by atoms with van der Waals surface area (Å²) in [4.78, 5) is 0. The van der Waals surface area contributed by atoms with Gasteiger partial charge in [-0.15, -0.1) is 0 Å². The minimum atomic E-state index is 0.310. The van der Waals surface area contributed by atoms with Crippen molar-refractivity contribution in [1.29, 1.82) is 0 Å². The highest BCUT2D eigenvalue weighted by atomic mass is 15.4. The van der Waals surface area contributed by atoms with Gasteiger partial charge in [-0.25, -0.2) is 0 Å². The second kappa shape index (κ2) is 7.55. The first-order valence-electron chi connectivity index (χ1n) is 7.31. The summed E-state index contributed by atoms with van der Waals surface area (Å²) in [7, 11) is 4.73. The van der Waals surface area contributed by atoms with Crippen molar-refractivity contribution in [2.45, 2.75) is 34.0 Å². The molecule has 1 saturated heterocycles. The van der Waals surface area contributed by atoms with E-state index in [0.717, 1.165) is 26.0 Å². The molecule has 0 bridgehead atoms. The van der Waals surface area contributed by atoms with Gasteiger partial charge in [-0.05, 0) is 40.0 Å². The molecule has 18 heavy (non-hydrogen) atoms. The van der Waals surface area contributed by atoms with Gasteiger partial charge in [0.2, 0.25) is 0 Å².